The van der Waals surface area contributed by atoms with E-state index in [2.05, 4.69) is 20.3 Å². The Morgan fingerprint density at radius 2 is 1.71 bits per heavy atom. The zero-order chi connectivity index (χ0) is 15.4. The molecular formula is C13H16N6OS. The van der Waals surface area contributed by atoms with Crippen molar-refractivity contribution in [3.05, 3.63) is 29.8 Å². The average Bonchev–Trinajstić information content (AvgIpc) is 2.40. The zero-order valence-corrected chi connectivity index (χ0v) is 12.5. The molecule has 1 amide bonds. The Hall–Kier alpha value is -2.35. The van der Waals surface area contributed by atoms with Gasteiger partial charge in [-0.2, -0.15) is 15.0 Å². The summed E-state index contributed by atoms with van der Waals surface area (Å²) in [7, 11) is 0. The second kappa shape index (κ2) is 6.40. The van der Waals surface area contributed by atoms with Crippen molar-refractivity contribution in [1.82, 2.24) is 15.0 Å². The predicted molar refractivity (Wildman–Crippen MR) is 83.8 cm³/mol. The van der Waals surface area contributed by atoms with Crippen LogP contribution in [0.5, 0.6) is 0 Å². The first-order valence-electron chi connectivity index (χ1n) is 6.25. The van der Waals surface area contributed by atoms with Gasteiger partial charge in [0.05, 0.1) is 5.25 Å². The highest BCUT2D eigenvalue weighted by atomic mass is 32.2. The van der Waals surface area contributed by atoms with Gasteiger partial charge in [0.1, 0.15) is 0 Å². The SMILES string of the molecule is Cc1ccc(NC(=O)[C@@H](C)Sc2nc(N)nc(N)n2)cc1. The van der Waals surface area contributed by atoms with Crippen LogP contribution in [0.3, 0.4) is 0 Å². The van der Waals surface area contributed by atoms with Crippen LogP contribution >= 0.6 is 11.8 Å². The van der Waals surface area contributed by atoms with Crippen LogP contribution in [0, 0.1) is 6.92 Å². The minimum Gasteiger partial charge on any atom is -0.368 e. The summed E-state index contributed by atoms with van der Waals surface area (Å²) >= 11 is 1.17. The van der Waals surface area contributed by atoms with E-state index in [0.717, 1.165) is 11.3 Å². The summed E-state index contributed by atoms with van der Waals surface area (Å²) in [6.07, 6.45) is 0. The molecule has 5 N–H and O–H groups in total. The maximum Gasteiger partial charge on any atom is 0.237 e. The normalized spacial score (nSPS) is 11.9. The number of thioether (sulfide) groups is 1. The van der Waals surface area contributed by atoms with E-state index in [1.165, 1.54) is 11.8 Å². The Kier molecular flexibility index (Phi) is 4.59. The lowest BCUT2D eigenvalue weighted by Gasteiger charge is -2.11. The number of hydrogen-bond donors (Lipinski definition) is 3. The first kappa shape index (κ1) is 15.0. The van der Waals surface area contributed by atoms with Crippen LogP contribution < -0.4 is 16.8 Å². The Balaban J connectivity index is 2.00. The van der Waals surface area contributed by atoms with Crippen molar-refractivity contribution in [3.63, 3.8) is 0 Å². The summed E-state index contributed by atoms with van der Waals surface area (Å²) in [6, 6.07) is 7.56. The molecule has 0 spiro atoms. The number of benzene rings is 1. The molecule has 1 aromatic heterocycles. The topological polar surface area (TPSA) is 120 Å². The molecular weight excluding hydrogens is 288 g/mol. The van der Waals surface area contributed by atoms with Gasteiger partial charge in [0, 0.05) is 5.69 Å². The number of aryl methyl sites for hydroxylation is 1. The van der Waals surface area contributed by atoms with Gasteiger partial charge in [-0.05, 0) is 26.0 Å². The number of carbonyl (C=O) groups excluding carboxylic acids is 1. The molecule has 0 fully saturated rings. The smallest absolute Gasteiger partial charge is 0.237 e. The molecule has 7 nitrogen and oxygen atoms in total. The fraction of sp³-hybridized carbons (Fsp3) is 0.231. The van der Waals surface area contributed by atoms with E-state index in [9.17, 15) is 4.79 Å². The minimum atomic E-state index is -0.396. The van der Waals surface area contributed by atoms with Crippen molar-refractivity contribution < 1.29 is 4.79 Å². The van der Waals surface area contributed by atoms with Crippen LogP contribution in [0.15, 0.2) is 29.4 Å². The van der Waals surface area contributed by atoms with Crippen molar-refractivity contribution in [2.24, 2.45) is 0 Å². The number of rotatable bonds is 4. The third kappa shape index (κ3) is 4.32. The summed E-state index contributed by atoms with van der Waals surface area (Å²) in [6.45, 7) is 3.74. The van der Waals surface area contributed by atoms with Crippen molar-refractivity contribution in [2.75, 3.05) is 16.8 Å². The molecule has 0 saturated carbocycles. The van der Waals surface area contributed by atoms with Crippen LogP contribution in [0.4, 0.5) is 17.6 Å². The number of nitrogens with two attached hydrogens (primary N) is 2. The summed E-state index contributed by atoms with van der Waals surface area (Å²) in [5.74, 6) is -0.0753. The van der Waals surface area contributed by atoms with Crippen LogP contribution in [0.1, 0.15) is 12.5 Å². The van der Waals surface area contributed by atoms with Crippen LogP contribution in [-0.2, 0) is 4.79 Å². The van der Waals surface area contributed by atoms with E-state index in [-0.39, 0.29) is 17.8 Å². The first-order chi connectivity index (χ1) is 9.94. The van der Waals surface area contributed by atoms with Gasteiger partial charge in [-0.1, -0.05) is 29.5 Å². The Bertz CT molecular complexity index is 625. The Morgan fingerprint density at radius 1 is 1.14 bits per heavy atom. The van der Waals surface area contributed by atoms with E-state index in [0.29, 0.717) is 5.16 Å². The lowest BCUT2D eigenvalue weighted by Crippen LogP contribution is -2.22. The fourth-order valence-electron chi connectivity index (χ4n) is 1.53. The lowest BCUT2D eigenvalue weighted by atomic mass is 10.2. The van der Waals surface area contributed by atoms with Gasteiger partial charge in [0.2, 0.25) is 17.8 Å². The van der Waals surface area contributed by atoms with E-state index in [1.807, 2.05) is 31.2 Å². The molecule has 0 bridgehead atoms. The second-order valence-electron chi connectivity index (χ2n) is 4.45. The molecule has 0 aliphatic carbocycles. The maximum atomic E-state index is 12.1. The van der Waals surface area contributed by atoms with Crippen molar-refractivity contribution >= 4 is 35.3 Å². The van der Waals surface area contributed by atoms with Crippen molar-refractivity contribution in [3.8, 4) is 0 Å². The largest absolute Gasteiger partial charge is 0.368 e. The number of carbonyl (C=O) groups is 1. The first-order valence-corrected chi connectivity index (χ1v) is 7.13. The molecule has 1 atom stereocenters. The van der Waals surface area contributed by atoms with Crippen molar-refractivity contribution in [1.29, 1.82) is 0 Å². The standard InChI is InChI=1S/C13H16N6OS/c1-7-3-5-9(6-4-7)16-10(20)8(2)21-13-18-11(14)17-12(15)19-13/h3-6,8H,1-2H3,(H,16,20)(H4,14,15,17,18,19)/t8-/m1/s1. The summed E-state index contributed by atoms with van der Waals surface area (Å²) in [5.41, 5.74) is 12.9. The van der Waals surface area contributed by atoms with Crippen LogP contribution in [0.2, 0.25) is 0 Å². The Morgan fingerprint density at radius 3 is 2.29 bits per heavy atom. The molecule has 8 heteroatoms. The fourth-order valence-corrected chi connectivity index (χ4v) is 2.31. The number of nitrogens with one attached hydrogen (secondary N) is 1. The molecule has 0 saturated heterocycles. The molecule has 1 heterocycles. The second-order valence-corrected chi connectivity index (χ2v) is 5.76. The molecule has 21 heavy (non-hydrogen) atoms. The molecule has 110 valence electrons. The molecule has 2 aromatic rings. The third-order valence-corrected chi connectivity index (χ3v) is 3.58. The van der Waals surface area contributed by atoms with Crippen LogP contribution in [-0.4, -0.2) is 26.1 Å². The van der Waals surface area contributed by atoms with Gasteiger partial charge in [-0.3, -0.25) is 4.79 Å². The zero-order valence-electron chi connectivity index (χ0n) is 11.7. The molecule has 2 rings (SSSR count). The number of nitrogen functional groups attached to an aromatic ring is 2. The third-order valence-electron chi connectivity index (χ3n) is 2.62. The highest BCUT2D eigenvalue weighted by Gasteiger charge is 2.17. The quantitative estimate of drug-likeness (QED) is 0.731. The summed E-state index contributed by atoms with van der Waals surface area (Å²) in [4.78, 5) is 23.7. The van der Waals surface area contributed by atoms with E-state index >= 15 is 0 Å². The number of amides is 1. The molecule has 0 unspecified atom stereocenters. The highest BCUT2D eigenvalue weighted by molar-refractivity contribution is 8.00. The summed E-state index contributed by atoms with van der Waals surface area (Å²) < 4.78 is 0. The van der Waals surface area contributed by atoms with Crippen molar-refractivity contribution in [2.45, 2.75) is 24.3 Å². The van der Waals surface area contributed by atoms with E-state index in [4.69, 9.17) is 11.5 Å². The monoisotopic (exact) mass is 304 g/mol. The van der Waals surface area contributed by atoms with E-state index in [1.54, 1.807) is 6.92 Å². The minimum absolute atomic E-state index is 0.0381. The Labute approximate surface area is 126 Å². The number of hydrogen-bond acceptors (Lipinski definition) is 7. The van der Waals surface area contributed by atoms with E-state index < -0.39 is 5.25 Å². The molecule has 0 aliphatic heterocycles. The highest BCUT2D eigenvalue weighted by Crippen LogP contribution is 2.21. The molecule has 0 radical (unpaired) electrons. The number of anilines is 3. The predicted octanol–water partition coefficient (Wildman–Crippen LogP) is 1.46. The van der Waals surface area contributed by atoms with Gasteiger partial charge in [0.15, 0.2) is 5.16 Å². The number of aromatic nitrogens is 3. The number of nitrogens with zero attached hydrogens (tertiary/aromatic N) is 3. The van der Waals surface area contributed by atoms with Gasteiger partial charge in [-0.25, -0.2) is 0 Å². The van der Waals surface area contributed by atoms with Crippen LogP contribution in [0.25, 0.3) is 0 Å². The van der Waals surface area contributed by atoms with Gasteiger partial charge >= 0.3 is 0 Å². The summed E-state index contributed by atoms with van der Waals surface area (Å²) in [5, 5.41) is 2.75. The maximum absolute atomic E-state index is 12.1. The van der Waals surface area contributed by atoms with Gasteiger partial charge in [-0.15, -0.1) is 0 Å². The molecule has 1 aromatic carbocycles. The van der Waals surface area contributed by atoms with Gasteiger partial charge in [0.25, 0.3) is 0 Å². The molecule has 0 aliphatic rings. The average molecular weight is 304 g/mol. The lowest BCUT2D eigenvalue weighted by molar-refractivity contribution is -0.115. The van der Waals surface area contributed by atoms with Gasteiger partial charge < -0.3 is 16.8 Å².